The number of hydrogen-bond donors (Lipinski definition) is 1. The van der Waals surface area contributed by atoms with Crippen molar-refractivity contribution in [2.75, 3.05) is 20.2 Å². The van der Waals surface area contributed by atoms with Crippen LogP contribution in [-0.2, 0) is 0 Å². The van der Waals surface area contributed by atoms with Gasteiger partial charge in [0.25, 0.3) is 0 Å². The van der Waals surface area contributed by atoms with Gasteiger partial charge in [-0.15, -0.1) is 0 Å². The van der Waals surface area contributed by atoms with Gasteiger partial charge in [0.15, 0.2) is 0 Å². The summed E-state index contributed by atoms with van der Waals surface area (Å²) in [6.07, 6.45) is 3.99. The Morgan fingerprint density at radius 3 is 3.00 bits per heavy atom. The van der Waals surface area contributed by atoms with E-state index in [4.69, 9.17) is 4.74 Å². The fourth-order valence-electron chi connectivity index (χ4n) is 1.72. The maximum absolute atomic E-state index is 5.67. The number of unbranched alkanes of at least 4 members (excludes halogenated alkanes) is 1. The van der Waals surface area contributed by atoms with Crippen molar-refractivity contribution in [2.24, 2.45) is 0 Å². The maximum atomic E-state index is 5.67. The van der Waals surface area contributed by atoms with Gasteiger partial charge >= 0.3 is 0 Å². The molecule has 90 valence electrons. The molecule has 0 aliphatic rings. The Bertz CT molecular complexity index is 470. The number of nitrogens with zero attached hydrogens (tertiary/aromatic N) is 1. The average molecular weight is 230 g/mol. The summed E-state index contributed by atoms with van der Waals surface area (Å²) in [5.41, 5.74) is 1.01. The fraction of sp³-hybridized carbons (Fsp3) is 0.357. The van der Waals surface area contributed by atoms with E-state index in [1.165, 1.54) is 0 Å². The summed E-state index contributed by atoms with van der Waals surface area (Å²) >= 11 is 0. The van der Waals surface area contributed by atoms with Gasteiger partial charge in [-0.2, -0.15) is 0 Å². The second kappa shape index (κ2) is 6.21. The molecule has 2 aromatic rings. The first-order valence-electron chi connectivity index (χ1n) is 6.02. The van der Waals surface area contributed by atoms with Crippen molar-refractivity contribution >= 4 is 10.9 Å². The number of rotatable bonds is 6. The van der Waals surface area contributed by atoms with E-state index in [0.717, 1.165) is 42.6 Å². The molecule has 0 bridgehead atoms. The number of fused-ring (bicyclic) bond motifs is 1. The Morgan fingerprint density at radius 2 is 2.12 bits per heavy atom. The SMILES string of the molecule is CNCCCCOc1cnc2ccccc2c1. The van der Waals surface area contributed by atoms with Crippen LogP contribution in [0.25, 0.3) is 10.9 Å². The third kappa shape index (κ3) is 3.43. The normalized spacial score (nSPS) is 10.6. The van der Waals surface area contributed by atoms with Gasteiger partial charge in [-0.25, -0.2) is 0 Å². The van der Waals surface area contributed by atoms with E-state index in [0.29, 0.717) is 0 Å². The smallest absolute Gasteiger partial charge is 0.138 e. The molecule has 3 heteroatoms. The van der Waals surface area contributed by atoms with Crippen molar-refractivity contribution in [3.8, 4) is 5.75 Å². The van der Waals surface area contributed by atoms with Crippen LogP contribution in [0.15, 0.2) is 36.5 Å². The van der Waals surface area contributed by atoms with E-state index < -0.39 is 0 Å². The number of benzene rings is 1. The molecule has 0 saturated heterocycles. The number of para-hydroxylation sites is 1. The van der Waals surface area contributed by atoms with Crippen LogP contribution in [0.2, 0.25) is 0 Å². The molecule has 1 aromatic carbocycles. The van der Waals surface area contributed by atoms with Gasteiger partial charge in [-0.1, -0.05) is 18.2 Å². The molecule has 0 radical (unpaired) electrons. The average Bonchev–Trinajstić information content (AvgIpc) is 2.38. The molecule has 17 heavy (non-hydrogen) atoms. The number of aromatic nitrogens is 1. The molecule has 0 aliphatic carbocycles. The lowest BCUT2D eigenvalue weighted by molar-refractivity contribution is 0.306. The zero-order valence-electron chi connectivity index (χ0n) is 10.1. The van der Waals surface area contributed by atoms with Crippen LogP contribution in [-0.4, -0.2) is 25.2 Å². The minimum Gasteiger partial charge on any atom is -0.492 e. The first-order valence-corrected chi connectivity index (χ1v) is 6.02. The van der Waals surface area contributed by atoms with Gasteiger partial charge in [-0.05, 0) is 38.6 Å². The fourth-order valence-corrected chi connectivity index (χ4v) is 1.72. The molecule has 0 aliphatic heterocycles. The summed E-state index contributed by atoms with van der Waals surface area (Å²) < 4.78 is 5.67. The van der Waals surface area contributed by atoms with Gasteiger partial charge in [0.05, 0.1) is 18.3 Å². The van der Waals surface area contributed by atoms with E-state index in [1.54, 1.807) is 6.20 Å². The molecule has 0 unspecified atom stereocenters. The van der Waals surface area contributed by atoms with Crippen LogP contribution in [0.4, 0.5) is 0 Å². The van der Waals surface area contributed by atoms with Crippen LogP contribution in [0, 0.1) is 0 Å². The standard InChI is InChI=1S/C14H18N2O/c1-15-8-4-5-9-17-13-10-12-6-2-3-7-14(12)16-11-13/h2-3,6-7,10-11,15H,4-5,8-9H2,1H3. The molecular formula is C14H18N2O. The van der Waals surface area contributed by atoms with Crippen molar-refractivity contribution in [3.63, 3.8) is 0 Å². The summed E-state index contributed by atoms with van der Waals surface area (Å²) in [6, 6.07) is 10.1. The van der Waals surface area contributed by atoms with Crippen molar-refractivity contribution in [2.45, 2.75) is 12.8 Å². The Kier molecular flexibility index (Phi) is 4.33. The molecule has 0 spiro atoms. The molecule has 3 nitrogen and oxygen atoms in total. The summed E-state index contributed by atoms with van der Waals surface area (Å²) in [5, 5.41) is 4.25. The number of ether oxygens (including phenoxy) is 1. The largest absolute Gasteiger partial charge is 0.492 e. The lowest BCUT2D eigenvalue weighted by Gasteiger charge is -2.06. The molecular weight excluding hydrogens is 212 g/mol. The van der Waals surface area contributed by atoms with E-state index in [-0.39, 0.29) is 0 Å². The number of nitrogens with one attached hydrogen (secondary N) is 1. The first-order chi connectivity index (χ1) is 8.40. The maximum Gasteiger partial charge on any atom is 0.138 e. The predicted molar refractivity (Wildman–Crippen MR) is 70.4 cm³/mol. The van der Waals surface area contributed by atoms with E-state index in [2.05, 4.69) is 16.4 Å². The molecule has 0 fully saturated rings. The predicted octanol–water partition coefficient (Wildman–Crippen LogP) is 2.61. The molecule has 1 heterocycles. The second-order valence-electron chi connectivity index (χ2n) is 4.02. The topological polar surface area (TPSA) is 34.1 Å². The Labute approximate surface area is 102 Å². The van der Waals surface area contributed by atoms with Crippen molar-refractivity contribution < 1.29 is 4.74 Å². The second-order valence-corrected chi connectivity index (χ2v) is 4.02. The van der Waals surface area contributed by atoms with Gasteiger partial charge in [0, 0.05) is 5.39 Å². The summed E-state index contributed by atoms with van der Waals surface area (Å²) in [6.45, 7) is 1.79. The number of pyridine rings is 1. The summed E-state index contributed by atoms with van der Waals surface area (Å²) in [4.78, 5) is 4.36. The van der Waals surface area contributed by atoms with Crippen LogP contribution < -0.4 is 10.1 Å². The van der Waals surface area contributed by atoms with E-state index >= 15 is 0 Å². The van der Waals surface area contributed by atoms with E-state index in [1.807, 2.05) is 31.3 Å². The van der Waals surface area contributed by atoms with Crippen LogP contribution in [0.3, 0.4) is 0 Å². The lowest BCUT2D eigenvalue weighted by Crippen LogP contribution is -2.09. The highest BCUT2D eigenvalue weighted by Gasteiger charge is 1.97. The Balaban J connectivity index is 1.90. The molecule has 0 atom stereocenters. The highest BCUT2D eigenvalue weighted by molar-refractivity contribution is 5.79. The van der Waals surface area contributed by atoms with Crippen molar-refractivity contribution in [1.29, 1.82) is 0 Å². The Hall–Kier alpha value is -1.61. The van der Waals surface area contributed by atoms with Gasteiger partial charge in [-0.3, -0.25) is 4.98 Å². The Morgan fingerprint density at radius 1 is 1.24 bits per heavy atom. The quantitative estimate of drug-likeness (QED) is 0.775. The summed E-state index contributed by atoms with van der Waals surface area (Å²) in [5.74, 6) is 0.855. The monoisotopic (exact) mass is 230 g/mol. The highest BCUT2D eigenvalue weighted by Crippen LogP contribution is 2.17. The number of hydrogen-bond acceptors (Lipinski definition) is 3. The molecule has 0 saturated carbocycles. The molecule has 0 amide bonds. The van der Waals surface area contributed by atoms with Crippen molar-refractivity contribution in [1.82, 2.24) is 10.3 Å². The third-order valence-corrected chi connectivity index (χ3v) is 2.66. The molecule has 1 N–H and O–H groups in total. The zero-order valence-corrected chi connectivity index (χ0v) is 10.1. The van der Waals surface area contributed by atoms with Crippen LogP contribution in [0.1, 0.15) is 12.8 Å². The van der Waals surface area contributed by atoms with Crippen LogP contribution in [0.5, 0.6) is 5.75 Å². The highest BCUT2D eigenvalue weighted by atomic mass is 16.5. The summed E-state index contributed by atoms with van der Waals surface area (Å²) in [7, 11) is 1.97. The van der Waals surface area contributed by atoms with E-state index in [9.17, 15) is 0 Å². The minimum atomic E-state index is 0.752. The van der Waals surface area contributed by atoms with Crippen molar-refractivity contribution in [3.05, 3.63) is 36.5 Å². The molecule has 1 aromatic heterocycles. The minimum absolute atomic E-state index is 0.752. The van der Waals surface area contributed by atoms with Gasteiger partial charge < -0.3 is 10.1 Å². The van der Waals surface area contributed by atoms with Gasteiger partial charge in [0.1, 0.15) is 5.75 Å². The van der Waals surface area contributed by atoms with Crippen LogP contribution >= 0.6 is 0 Å². The van der Waals surface area contributed by atoms with Gasteiger partial charge in [0.2, 0.25) is 0 Å². The zero-order chi connectivity index (χ0) is 11.9. The lowest BCUT2D eigenvalue weighted by atomic mass is 10.2. The first kappa shape index (κ1) is 11.9. The molecule has 2 rings (SSSR count). The third-order valence-electron chi connectivity index (χ3n) is 2.66.